The van der Waals surface area contributed by atoms with Gasteiger partial charge in [-0.2, -0.15) is 0 Å². The molecule has 4 aliphatic rings. The van der Waals surface area contributed by atoms with Gasteiger partial charge in [0.15, 0.2) is 0 Å². The first kappa shape index (κ1) is 20.0. The molecule has 3 amide bonds. The van der Waals surface area contributed by atoms with Gasteiger partial charge in [-0.25, -0.2) is 4.90 Å². The normalized spacial score (nSPS) is 30.7. The average Bonchev–Trinajstić information content (AvgIpc) is 3.46. The van der Waals surface area contributed by atoms with Gasteiger partial charge in [-0.3, -0.25) is 19.3 Å². The lowest BCUT2D eigenvalue weighted by Gasteiger charge is -2.36. The van der Waals surface area contributed by atoms with Crippen molar-refractivity contribution in [2.75, 3.05) is 23.9 Å². The molecule has 2 aromatic rings. The zero-order chi connectivity index (χ0) is 22.4. The third-order valence-corrected chi connectivity index (χ3v) is 7.81. The van der Waals surface area contributed by atoms with Crippen molar-refractivity contribution in [2.24, 2.45) is 11.8 Å². The van der Waals surface area contributed by atoms with Gasteiger partial charge in [-0.05, 0) is 55.8 Å². The molecule has 32 heavy (non-hydrogen) atoms. The zero-order valence-electron chi connectivity index (χ0n) is 17.1. The van der Waals surface area contributed by atoms with Crippen molar-refractivity contribution in [1.29, 1.82) is 0 Å². The van der Waals surface area contributed by atoms with Crippen LogP contribution in [-0.4, -0.2) is 42.3 Å². The van der Waals surface area contributed by atoms with Crippen LogP contribution in [0, 0.1) is 11.8 Å². The van der Waals surface area contributed by atoms with E-state index in [4.69, 9.17) is 27.9 Å². The molecule has 4 heterocycles. The van der Waals surface area contributed by atoms with E-state index in [2.05, 4.69) is 10.2 Å². The number of hydrogen-bond donors (Lipinski definition) is 1. The third-order valence-electron chi connectivity index (χ3n) is 7.34. The van der Waals surface area contributed by atoms with Crippen LogP contribution in [0.1, 0.15) is 18.4 Å². The summed E-state index contributed by atoms with van der Waals surface area (Å²) in [5.74, 6) is -2.15. The van der Waals surface area contributed by atoms with Gasteiger partial charge in [-0.1, -0.05) is 23.2 Å². The van der Waals surface area contributed by atoms with Crippen LogP contribution in [-0.2, 0) is 19.9 Å². The molecular formula is C23H19Cl2N3O4. The van der Waals surface area contributed by atoms with Crippen LogP contribution >= 0.6 is 23.2 Å². The monoisotopic (exact) mass is 471 g/mol. The molecule has 0 saturated carbocycles. The van der Waals surface area contributed by atoms with Gasteiger partial charge in [0.2, 0.25) is 17.7 Å². The summed E-state index contributed by atoms with van der Waals surface area (Å²) in [4.78, 5) is 44.6. The molecule has 3 saturated heterocycles. The van der Waals surface area contributed by atoms with Gasteiger partial charge in [-0.15, -0.1) is 0 Å². The number of methoxy groups -OCH3 is 1. The van der Waals surface area contributed by atoms with Crippen LogP contribution in [0.15, 0.2) is 36.4 Å². The zero-order valence-corrected chi connectivity index (χ0v) is 18.6. The lowest BCUT2D eigenvalue weighted by molar-refractivity contribution is -0.135. The van der Waals surface area contributed by atoms with Crippen molar-refractivity contribution in [1.82, 2.24) is 4.90 Å². The van der Waals surface area contributed by atoms with Gasteiger partial charge in [0.1, 0.15) is 11.3 Å². The fourth-order valence-electron chi connectivity index (χ4n) is 6.25. The molecule has 2 aromatic carbocycles. The first-order chi connectivity index (χ1) is 15.4. The Morgan fingerprint density at radius 2 is 1.81 bits per heavy atom. The molecule has 4 aliphatic heterocycles. The second kappa shape index (κ2) is 6.70. The molecule has 4 atom stereocenters. The lowest BCUT2D eigenvalue weighted by atomic mass is 9.75. The van der Waals surface area contributed by atoms with Gasteiger partial charge in [0.05, 0.1) is 24.6 Å². The van der Waals surface area contributed by atoms with E-state index in [-0.39, 0.29) is 17.9 Å². The molecule has 0 aromatic heterocycles. The summed E-state index contributed by atoms with van der Waals surface area (Å²) in [6.07, 6.45) is 1.59. The summed E-state index contributed by atoms with van der Waals surface area (Å²) in [5.41, 5.74) is 0.327. The van der Waals surface area contributed by atoms with E-state index in [0.717, 1.165) is 17.7 Å². The Hall–Kier alpha value is -2.61. The predicted octanol–water partition coefficient (Wildman–Crippen LogP) is 3.43. The number of carbonyl (C=O) groups excluding carboxylic acids is 3. The van der Waals surface area contributed by atoms with Crippen molar-refractivity contribution in [3.05, 3.63) is 52.0 Å². The summed E-state index contributed by atoms with van der Waals surface area (Å²) < 4.78 is 5.42. The van der Waals surface area contributed by atoms with Crippen molar-refractivity contribution in [3.8, 4) is 5.75 Å². The minimum atomic E-state index is -1.26. The van der Waals surface area contributed by atoms with Crippen molar-refractivity contribution in [3.63, 3.8) is 0 Å². The number of rotatable bonds is 2. The number of nitrogens with one attached hydrogen (secondary N) is 1. The fourth-order valence-corrected chi connectivity index (χ4v) is 6.59. The second-order valence-corrected chi connectivity index (χ2v) is 9.52. The molecule has 1 spiro atoms. The number of benzene rings is 2. The van der Waals surface area contributed by atoms with E-state index in [0.29, 0.717) is 39.3 Å². The number of ether oxygens (including phenoxy) is 1. The van der Waals surface area contributed by atoms with Crippen LogP contribution < -0.4 is 15.0 Å². The van der Waals surface area contributed by atoms with Crippen molar-refractivity contribution < 1.29 is 19.1 Å². The Bertz CT molecular complexity index is 1220. The Morgan fingerprint density at radius 1 is 1.06 bits per heavy atom. The highest BCUT2D eigenvalue weighted by molar-refractivity contribution is 6.32. The maximum atomic E-state index is 14.0. The number of hydrogen-bond acceptors (Lipinski definition) is 5. The second-order valence-electron chi connectivity index (χ2n) is 8.64. The average molecular weight is 472 g/mol. The number of amides is 3. The quantitative estimate of drug-likeness (QED) is 0.678. The van der Waals surface area contributed by atoms with E-state index < -0.39 is 23.3 Å². The molecule has 7 nitrogen and oxygen atoms in total. The minimum Gasteiger partial charge on any atom is -0.495 e. The van der Waals surface area contributed by atoms with Gasteiger partial charge in [0, 0.05) is 27.3 Å². The maximum absolute atomic E-state index is 14.0. The first-order valence-electron chi connectivity index (χ1n) is 10.5. The summed E-state index contributed by atoms with van der Waals surface area (Å²) in [6.45, 7) is 0.637. The molecule has 0 unspecified atom stereocenters. The number of halogens is 2. The van der Waals surface area contributed by atoms with Crippen LogP contribution in [0.4, 0.5) is 11.4 Å². The number of anilines is 2. The maximum Gasteiger partial charge on any atom is 0.250 e. The Balaban J connectivity index is 1.57. The molecule has 6 rings (SSSR count). The minimum absolute atomic E-state index is 0.206. The van der Waals surface area contributed by atoms with Crippen LogP contribution in [0.3, 0.4) is 0 Å². The Labute approximate surface area is 194 Å². The van der Waals surface area contributed by atoms with E-state index >= 15 is 0 Å². The molecule has 1 N–H and O–H groups in total. The highest BCUT2D eigenvalue weighted by Gasteiger charge is 2.74. The van der Waals surface area contributed by atoms with E-state index in [1.807, 2.05) is 0 Å². The summed E-state index contributed by atoms with van der Waals surface area (Å²) >= 11 is 12.5. The number of imide groups is 1. The standard InChI is InChI=1S/C23H19Cl2N3O4/c1-32-17-7-5-12(25)10-16(17)28-20(29)18-15-3-2-8-27(15)23(19(18)21(28)30)13-9-11(24)4-6-14(13)26-22(23)31/h4-7,9-10,15,18-19H,2-3,8H2,1H3,(H,26,31)/t15-,18+,19+,23-/m0/s1. The summed E-state index contributed by atoms with van der Waals surface area (Å²) in [6, 6.07) is 9.81. The fraction of sp³-hybridized carbons (Fsp3) is 0.348. The SMILES string of the molecule is COc1ccc(Cl)cc1N1C(=O)[C@@H]2[C@@H]3CCCN3[C@]3(C(=O)Nc4ccc(Cl)cc43)[C@H]2C1=O. The van der Waals surface area contributed by atoms with Crippen molar-refractivity contribution >= 4 is 52.3 Å². The summed E-state index contributed by atoms with van der Waals surface area (Å²) in [7, 11) is 1.47. The number of nitrogens with zero attached hydrogens (tertiary/aromatic N) is 2. The van der Waals surface area contributed by atoms with Crippen molar-refractivity contribution in [2.45, 2.75) is 24.4 Å². The molecule has 3 fully saturated rings. The van der Waals surface area contributed by atoms with Crippen LogP contribution in [0.25, 0.3) is 0 Å². The van der Waals surface area contributed by atoms with E-state index in [1.165, 1.54) is 7.11 Å². The highest BCUT2D eigenvalue weighted by atomic mass is 35.5. The number of carbonyl (C=O) groups is 3. The van der Waals surface area contributed by atoms with Gasteiger partial charge >= 0.3 is 0 Å². The molecule has 0 bridgehead atoms. The molecule has 9 heteroatoms. The lowest BCUT2D eigenvalue weighted by Crippen LogP contribution is -2.54. The topological polar surface area (TPSA) is 79.0 Å². The summed E-state index contributed by atoms with van der Waals surface area (Å²) in [5, 5.41) is 3.79. The van der Waals surface area contributed by atoms with Crippen LogP contribution in [0.5, 0.6) is 5.75 Å². The molecule has 164 valence electrons. The first-order valence-corrected chi connectivity index (χ1v) is 11.2. The van der Waals surface area contributed by atoms with Gasteiger partial charge in [0.25, 0.3) is 0 Å². The van der Waals surface area contributed by atoms with Crippen LogP contribution in [0.2, 0.25) is 10.0 Å². The van der Waals surface area contributed by atoms with E-state index in [9.17, 15) is 14.4 Å². The number of fused-ring (bicyclic) bond motifs is 7. The van der Waals surface area contributed by atoms with Gasteiger partial charge < -0.3 is 10.1 Å². The molecule has 0 aliphatic carbocycles. The Kier molecular flexibility index (Phi) is 4.19. The predicted molar refractivity (Wildman–Crippen MR) is 119 cm³/mol. The smallest absolute Gasteiger partial charge is 0.250 e. The Morgan fingerprint density at radius 3 is 2.59 bits per heavy atom. The third kappa shape index (κ3) is 2.28. The molecular weight excluding hydrogens is 453 g/mol. The molecule has 0 radical (unpaired) electrons. The largest absolute Gasteiger partial charge is 0.495 e. The van der Waals surface area contributed by atoms with E-state index in [1.54, 1.807) is 36.4 Å². The highest BCUT2D eigenvalue weighted by Crippen LogP contribution is 2.61.